The second kappa shape index (κ2) is 6.71. The Bertz CT molecular complexity index is 575. The number of ketones is 1. The number of carbonyl (C=O) groups is 1. The van der Waals surface area contributed by atoms with E-state index in [9.17, 15) is 13.2 Å². The molecule has 0 amide bonds. The van der Waals surface area contributed by atoms with Crippen LogP contribution in [0.1, 0.15) is 44.6 Å². The van der Waals surface area contributed by atoms with Gasteiger partial charge in [-0.25, -0.2) is 13.1 Å². The van der Waals surface area contributed by atoms with Crippen molar-refractivity contribution in [1.82, 2.24) is 4.72 Å². The number of sulfonamides is 1. The standard InChI is InChI=1S/C16H23NO3S/c1-14(18)16(11-6-3-7-12-16)17-21(19,20)13-10-15-8-4-2-5-9-15/h2,4-5,8-9,17H,3,6-7,10-13H2,1H3. The van der Waals surface area contributed by atoms with Crippen molar-refractivity contribution >= 4 is 15.8 Å². The van der Waals surface area contributed by atoms with E-state index in [0.29, 0.717) is 19.3 Å². The van der Waals surface area contributed by atoms with Gasteiger partial charge in [0.2, 0.25) is 10.0 Å². The fraction of sp³-hybridized carbons (Fsp3) is 0.562. The topological polar surface area (TPSA) is 63.2 Å². The molecule has 1 saturated carbocycles. The highest BCUT2D eigenvalue weighted by molar-refractivity contribution is 7.89. The van der Waals surface area contributed by atoms with Gasteiger partial charge in [-0.3, -0.25) is 4.79 Å². The highest BCUT2D eigenvalue weighted by Gasteiger charge is 2.39. The molecule has 1 aromatic carbocycles. The summed E-state index contributed by atoms with van der Waals surface area (Å²) in [7, 11) is -3.45. The van der Waals surface area contributed by atoms with Crippen molar-refractivity contribution in [3.8, 4) is 0 Å². The van der Waals surface area contributed by atoms with Gasteiger partial charge in [-0.2, -0.15) is 0 Å². The Labute approximate surface area is 127 Å². The molecule has 0 radical (unpaired) electrons. The van der Waals surface area contributed by atoms with Crippen molar-refractivity contribution in [2.45, 2.75) is 51.0 Å². The van der Waals surface area contributed by atoms with Gasteiger partial charge in [0.15, 0.2) is 5.78 Å². The van der Waals surface area contributed by atoms with Crippen LogP contribution in [0, 0.1) is 0 Å². The maximum absolute atomic E-state index is 12.3. The lowest BCUT2D eigenvalue weighted by Gasteiger charge is -2.35. The molecule has 0 aliphatic heterocycles. The first-order valence-electron chi connectivity index (χ1n) is 7.50. The SMILES string of the molecule is CC(=O)C1(NS(=O)(=O)CCc2ccccc2)CCCCC1. The van der Waals surface area contributed by atoms with Crippen LogP contribution in [-0.2, 0) is 21.2 Å². The predicted molar refractivity (Wildman–Crippen MR) is 83.6 cm³/mol. The van der Waals surface area contributed by atoms with Gasteiger partial charge in [-0.05, 0) is 31.7 Å². The smallest absolute Gasteiger partial charge is 0.212 e. The van der Waals surface area contributed by atoms with E-state index in [0.717, 1.165) is 24.8 Å². The largest absolute Gasteiger partial charge is 0.298 e. The van der Waals surface area contributed by atoms with Crippen LogP contribution in [0.15, 0.2) is 30.3 Å². The number of rotatable bonds is 6. The Morgan fingerprint density at radius 1 is 1.14 bits per heavy atom. The van der Waals surface area contributed by atoms with E-state index in [1.807, 2.05) is 30.3 Å². The van der Waals surface area contributed by atoms with E-state index in [1.54, 1.807) is 0 Å². The molecule has 0 aromatic heterocycles. The molecule has 1 N–H and O–H groups in total. The lowest BCUT2D eigenvalue weighted by Crippen LogP contribution is -2.55. The van der Waals surface area contributed by atoms with E-state index in [2.05, 4.69) is 4.72 Å². The van der Waals surface area contributed by atoms with Crippen LogP contribution >= 0.6 is 0 Å². The van der Waals surface area contributed by atoms with Crippen LogP contribution in [0.5, 0.6) is 0 Å². The minimum absolute atomic E-state index is 0.0199. The number of benzene rings is 1. The molecule has 21 heavy (non-hydrogen) atoms. The second-order valence-corrected chi connectivity index (χ2v) is 7.70. The first kappa shape index (κ1) is 16.2. The van der Waals surface area contributed by atoms with Crippen LogP contribution in [0.4, 0.5) is 0 Å². The van der Waals surface area contributed by atoms with Crippen molar-refractivity contribution in [2.24, 2.45) is 0 Å². The zero-order chi connectivity index (χ0) is 15.3. The number of hydrogen-bond donors (Lipinski definition) is 1. The van der Waals surface area contributed by atoms with Gasteiger partial charge in [0.05, 0.1) is 11.3 Å². The predicted octanol–water partition coefficient (Wildman–Crippen LogP) is 2.44. The molecule has 1 aliphatic rings. The van der Waals surface area contributed by atoms with E-state index in [-0.39, 0.29) is 11.5 Å². The molecule has 1 fully saturated rings. The Kier molecular flexibility index (Phi) is 5.17. The summed E-state index contributed by atoms with van der Waals surface area (Å²) in [6.07, 6.45) is 4.58. The van der Waals surface area contributed by atoms with Crippen LogP contribution in [0.25, 0.3) is 0 Å². The number of hydrogen-bond acceptors (Lipinski definition) is 3. The Hall–Kier alpha value is -1.20. The van der Waals surface area contributed by atoms with Crippen molar-refractivity contribution in [3.05, 3.63) is 35.9 Å². The van der Waals surface area contributed by atoms with Gasteiger partial charge in [-0.15, -0.1) is 0 Å². The van der Waals surface area contributed by atoms with E-state index in [4.69, 9.17) is 0 Å². The summed E-state index contributed by atoms with van der Waals surface area (Å²) in [5.41, 5.74) is 0.122. The lowest BCUT2D eigenvalue weighted by molar-refractivity contribution is -0.123. The highest BCUT2D eigenvalue weighted by Crippen LogP contribution is 2.29. The molecular formula is C16H23NO3S. The minimum atomic E-state index is -3.45. The van der Waals surface area contributed by atoms with Gasteiger partial charge in [-0.1, -0.05) is 49.6 Å². The quantitative estimate of drug-likeness (QED) is 0.878. The number of Topliss-reactive ketones (excluding diaryl/α,β-unsaturated/α-hetero) is 1. The zero-order valence-corrected chi connectivity index (χ0v) is 13.3. The summed E-state index contributed by atoms with van der Waals surface area (Å²) in [4.78, 5) is 11.9. The van der Waals surface area contributed by atoms with E-state index in [1.165, 1.54) is 6.92 Å². The van der Waals surface area contributed by atoms with Gasteiger partial charge in [0.1, 0.15) is 0 Å². The molecule has 0 saturated heterocycles. The zero-order valence-electron chi connectivity index (χ0n) is 12.5. The highest BCUT2D eigenvalue weighted by atomic mass is 32.2. The summed E-state index contributed by atoms with van der Waals surface area (Å²) < 4.78 is 27.3. The van der Waals surface area contributed by atoms with Crippen molar-refractivity contribution < 1.29 is 13.2 Å². The molecule has 1 aliphatic carbocycles. The molecule has 0 atom stereocenters. The fourth-order valence-electron chi connectivity index (χ4n) is 2.93. The van der Waals surface area contributed by atoms with Gasteiger partial charge in [0, 0.05) is 0 Å². The number of aryl methyl sites for hydroxylation is 1. The minimum Gasteiger partial charge on any atom is -0.298 e. The molecule has 0 spiro atoms. The maximum atomic E-state index is 12.3. The summed E-state index contributed by atoms with van der Waals surface area (Å²) in [6.45, 7) is 1.49. The Morgan fingerprint density at radius 2 is 1.76 bits per heavy atom. The van der Waals surface area contributed by atoms with Gasteiger partial charge >= 0.3 is 0 Å². The third-order valence-electron chi connectivity index (χ3n) is 4.23. The van der Waals surface area contributed by atoms with E-state index < -0.39 is 15.6 Å². The average Bonchev–Trinajstić information content (AvgIpc) is 2.47. The molecule has 116 valence electrons. The first-order valence-corrected chi connectivity index (χ1v) is 9.15. The molecule has 1 aromatic rings. The maximum Gasteiger partial charge on any atom is 0.212 e. The summed E-state index contributed by atoms with van der Waals surface area (Å²) in [5.74, 6) is -0.0445. The van der Waals surface area contributed by atoms with Crippen molar-refractivity contribution in [2.75, 3.05) is 5.75 Å². The molecule has 0 heterocycles. The Morgan fingerprint density at radius 3 is 2.33 bits per heavy atom. The Balaban J connectivity index is 2.03. The normalized spacial score (nSPS) is 18.3. The summed E-state index contributed by atoms with van der Waals surface area (Å²) in [6, 6.07) is 9.53. The van der Waals surface area contributed by atoms with Gasteiger partial charge in [0.25, 0.3) is 0 Å². The number of nitrogens with one attached hydrogen (secondary N) is 1. The molecule has 2 rings (SSSR count). The summed E-state index contributed by atoms with van der Waals surface area (Å²) >= 11 is 0. The van der Waals surface area contributed by atoms with Crippen LogP contribution in [0.2, 0.25) is 0 Å². The second-order valence-electron chi connectivity index (χ2n) is 5.86. The first-order chi connectivity index (χ1) is 9.94. The van der Waals surface area contributed by atoms with Crippen molar-refractivity contribution in [1.29, 1.82) is 0 Å². The van der Waals surface area contributed by atoms with Crippen LogP contribution < -0.4 is 4.72 Å². The average molecular weight is 309 g/mol. The fourth-order valence-corrected chi connectivity index (χ4v) is 4.48. The van der Waals surface area contributed by atoms with Crippen LogP contribution in [0.3, 0.4) is 0 Å². The molecule has 0 unspecified atom stereocenters. The molecular weight excluding hydrogens is 286 g/mol. The van der Waals surface area contributed by atoms with Crippen LogP contribution in [-0.4, -0.2) is 25.5 Å². The number of carbonyl (C=O) groups excluding carboxylic acids is 1. The summed E-state index contributed by atoms with van der Waals surface area (Å²) in [5, 5.41) is 0. The third-order valence-corrected chi connectivity index (χ3v) is 5.68. The molecule has 0 bridgehead atoms. The molecule has 5 heteroatoms. The van der Waals surface area contributed by atoms with E-state index >= 15 is 0 Å². The monoisotopic (exact) mass is 309 g/mol. The third kappa shape index (κ3) is 4.38. The van der Waals surface area contributed by atoms with Crippen molar-refractivity contribution in [3.63, 3.8) is 0 Å². The van der Waals surface area contributed by atoms with Gasteiger partial charge < -0.3 is 0 Å². The lowest BCUT2D eigenvalue weighted by atomic mass is 9.80. The molecule has 4 nitrogen and oxygen atoms in total.